The van der Waals surface area contributed by atoms with E-state index in [2.05, 4.69) is 10.6 Å². The molecule has 0 bridgehead atoms. The first-order valence-corrected chi connectivity index (χ1v) is 10.5. The van der Waals surface area contributed by atoms with Crippen LogP contribution in [0.1, 0.15) is 49.9 Å². The SMILES string of the molecule is CC(C)CNC(=O)C(NC(=O)c1ccccc1F)C1CCN(C(=O)C2CC2)CC1. The Kier molecular flexibility index (Phi) is 6.87. The Morgan fingerprint density at radius 3 is 2.34 bits per heavy atom. The highest BCUT2D eigenvalue weighted by atomic mass is 19.1. The second-order valence-corrected chi connectivity index (χ2v) is 8.51. The van der Waals surface area contributed by atoms with E-state index in [4.69, 9.17) is 0 Å². The molecule has 6 nitrogen and oxygen atoms in total. The summed E-state index contributed by atoms with van der Waals surface area (Å²) < 4.78 is 14.0. The highest BCUT2D eigenvalue weighted by Gasteiger charge is 2.38. The molecule has 1 aromatic carbocycles. The van der Waals surface area contributed by atoms with E-state index in [1.165, 1.54) is 18.2 Å². The molecule has 1 saturated carbocycles. The smallest absolute Gasteiger partial charge is 0.254 e. The van der Waals surface area contributed by atoms with Gasteiger partial charge in [-0.2, -0.15) is 0 Å². The predicted octanol–water partition coefficient (Wildman–Crippen LogP) is 2.34. The van der Waals surface area contributed by atoms with Gasteiger partial charge in [-0.25, -0.2) is 4.39 Å². The van der Waals surface area contributed by atoms with Crippen molar-refractivity contribution in [2.24, 2.45) is 17.8 Å². The Labute approximate surface area is 171 Å². The lowest BCUT2D eigenvalue weighted by atomic mass is 9.88. The van der Waals surface area contributed by atoms with Crippen LogP contribution < -0.4 is 10.6 Å². The zero-order valence-electron chi connectivity index (χ0n) is 17.1. The van der Waals surface area contributed by atoms with E-state index in [9.17, 15) is 18.8 Å². The second kappa shape index (κ2) is 9.37. The molecule has 2 aliphatic rings. The van der Waals surface area contributed by atoms with Crippen molar-refractivity contribution in [2.75, 3.05) is 19.6 Å². The van der Waals surface area contributed by atoms with Gasteiger partial charge in [0.25, 0.3) is 5.91 Å². The van der Waals surface area contributed by atoms with E-state index < -0.39 is 17.8 Å². The van der Waals surface area contributed by atoms with Gasteiger partial charge in [-0.15, -0.1) is 0 Å². The van der Waals surface area contributed by atoms with Gasteiger partial charge in [-0.3, -0.25) is 14.4 Å². The fourth-order valence-corrected chi connectivity index (χ4v) is 3.72. The van der Waals surface area contributed by atoms with Crippen molar-refractivity contribution in [1.82, 2.24) is 15.5 Å². The third kappa shape index (κ3) is 5.55. The monoisotopic (exact) mass is 403 g/mol. The van der Waals surface area contributed by atoms with Crippen molar-refractivity contribution < 1.29 is 18.8 Å². The van der Waals surface area contributed by atoms with E-state index in [1.54, 1.807) is 6.07 Å². The number of nitrogens with zero attached hydrogens (tertiary/aromatic N) is 1. The normalized spacial score (nSPS) is 18.4. The van der Waals surface area contributed by atoms with Gasteiger partial charge >= 0.3 is 0 Å². The molecule has 2 fully saturated rings. The van der Waals surface area contributed by atoms with E-state index >= 15 is 0 Å². The summed E-state index contributed by atoms with van der Waals surface area (Å²) in [6.07, 6.45) is 3.21. The standard InChI is InChI=1S/C22H30FN3O3/c1-14(2)13-24-21(28)19(25-20(27)17-5-3-4-6-18(17)23)15-9-11-26(12-10-15)22(29)16-7-8-16/h3-6,14-16,19H,7-13H2,1-2H3,(H,24,28)(H,25,27). The molecular weight excluding hydrogens is 373 g/mol. The number of carbonyl (C=O) groups is 3. The molecule has 2 N–H and O–H groups in total. The molecule has 0 aromatic heterocycles. The molecule has 1 aliphatic carbocycles. The number of piperidine rings is 1. The average molecular weight is 403 g/mol. The van der Waals surface area contributed by atoms with E-state index in [0.29, 0.717) is 32.5 Å². The summed E-state index contributed by atoms with van der Waals surface area (Å²) in [4.78, 5) is 39.6. The molecule has 1 heterocycles. The Hall–Kier alpha value is -2.44. The molecule has 0 radical (unpaired) electrons. The minimum atomic E-state index is -0.751. The third-order valence-electron chi connectivity index (χ3n) is 5.62. The first-order valence-electron chi connectivity index (χ1n) is 10.5. The van der Waals surface area contributed by atoms with Gasteiger partial charge < -0.3 is 15.5 Å². The Balaban J connectivity index is 1.67. The summed E-state index contributed by atoms with van der Waals surface area (Å²) in [6.45, 7) is 5.67. The molecule has 1 aromatic rings. The highest BCUT2D eigenvalue weighted by molar-refractivity contribution is 5.97. The van der Waals surface area contributed by atoms with Crippen molar-refractivity contribution in [1.29, 1.82) is 0 Å². The Morgan fingerprint density at radius 2 is 1.76 bits per heavy atom. The number of amides is 3. The van der Waals surface area contributed by atoms with Crippen LogP contribution in [0.25, 0.3) is 0 Å². The van der Waals surface area contributed by atoms with E-state index in [-0.39, 0.29) is 35.1 Å². The molecule has 7 heteroatoms. The zero-order valence-corrected chi connectivity index (χ0v) is 17.1. The second-order valence-electron chi connectivity index (χ2n) is 8.51. The van der Waals surface area contributed by atoms with Crippen molar-refractivity contribution in [3.05, 3.63) is 35.6 Å². The lowest BCUT2D eigenvalue weighted by Gasteiger charge is -2.36. The van der Waals surface area contributed by atoms with Gasteiger partial charge in [0.05, 0.1) is 5.56 Å². The van der Waals surface area contributed by atoms with Crippen LogP contribution in [-0.2, 0) is 9.59 Å². The van der Waals surface area contributed by atoms with Gasteiger partial charge in [-0.1, -0.05) is 26.0 Å². The molecular formula is C22H30FN3O3. The predicted molar refractivity (Wildman–Crippen MR) is 108 cm³/mol. The van der Waals surface area contributed by atoms with Crippen LogP contribution in [0, 0.1) is 23.6 Å². The Bertz CT molecular complexity index is 755. The van der Waals surface area contributed by atoms with Crippen LogP contribution in [0.2, 0.25) is 0 Å². The van der Waals surface area contributed by atoms with Gasteiger partial charge in [0.1, 0.15) is 11.9 Å². The van der Waals surface area contributed by atoms with Crippen molar-refractivity contribution in [2.45, 2.75) is 45.6 Å². The van der Waals surface area contributed by atoms with Crippen LogP contribution in [0.5, 0.6) is 0 Å². The fraction of sp³-hybridized carbons (Fsp3) is 0.591. The number of rotatable bonds is 7. The number of halogens is 1. The van der Waals surface area contributed by atoms with Crippen LogP contribution >= 0.6 is 0 Å². The van der Waals surface area contributed by atoms with Crippen LogP contribution in [-0.4, -0.2) is 48.3 Å². The fourth-order valence-electron chi connectivity index (χ4n) is 3.72. The van der Waals surface area contributed by atoms with Crippen molar-refractivity contribution >= 4 is 17.7 Å². The molecule has 29 heavy (non-hydrogen) atoms. The summed E-state index contributed by atoms with van der Waals surface area (Å²) in [5, 5.41) is 5.64. The first kappa shape index (κ1) is 21.3. The number of carbonyl (C=O) groups excluding carboxylic acids is 3. The summed E-state index contributed by atoms with van der Waals surface area (Å²) >= 11 is 0. The molecule has 0 spiro atoms. The molecule has 1 aliphatic heterocycles. The van der Waals surface area contributed by atoms with E-state index in [0.717, 1.165) is 12.8 Å². The molecule has 1 unspecified atom stereocenters. The number of likely N-dealkylation sites (tertiary alicyclic amines) is 1. The maximum Gasteiger partial charge on any atom is 0.254 e. The van der Waals surface area contributed by atoms with Gasteiger partial charge in [-0.05, 0) is 49.7 Å². The molecule has 3 amide bonds. The molecule has 158 valence electrons. The largest absolute Gasteiger partial charge is 0.354 e. The van der Waals surface area contributed by atoms with Crippen molar-refractivity contribution in [3.8, 4) is 0 Å². The van der Waals surface area contributed by atoms with Crippen LogP contribution in [0.3, 0.4) is 0 Å². The summed E-state index contributed by atoms with van der Waals surface area (Å²) in [5.74, 6) is -0.894. The van der Waals surface area contributed by atoms with Gasteiger partial charge in [0, 0.05) is 25.6 Å². The number of hydrogen-bond donors (Lipinski definition) is 2. The molecule has 3 rings (SSSR count). The number of hydrogen-bond acceptors (Lipinski definition) is 3. The topological polar surface area (TPSA) is 78.5 Å². The van der Waals surface area contributed by atoms with Gasteiger partial charge in [0.2, 0.25) is 11.8 Å². The molecule has 1 atom stereocenters. The average Bonchev–Trinajstić information content (AvgIpc) is 3.55. The minimum absolute atomic E-state index is 0.0736. The number of benzene rings is 1. The number of nitrogens with one attached hydrogen (secondary N) is 2. The Morgan fingerprint density at radius 1 is 1.10 bits per heavy atom. The van der Waals surface area contributed by atoms with Crippen molar-refractivity contribution in [3.63, 3.8) is 0 Å². The minimum Gasteiger partial charge on any atom is -0.354 e. The van der Waals surface area contributed by atoms with Crippen LogP contribution in [0.4, 0.5) is 4.39 Å². The highest BCUT2D eigenvalue weighted by Crippen LogP contribution is 2.33. The maximum absolute atomic E-state index is 14.0. The summed E-state index contributed by atoms with van der Waals surface area (Å²) in [7, 11) is 0. The quantitative estimate of drug-likeness (QED) is 0.734. The zero-order chi connectivity index (χ0) is 21.0. The summed E-state index contributed by atoms with van der Waals surface area (Å²) in [5.41, 5.74) is -0.0736. The van der Waals surface area contributed by atoms with Crippen LogP contribution in [0.15, 0.2) is 24.3 Å². The molecule has 1 saturated heterocycles. The third-order valence-corrected chi connectivity index (χ3v) is 5.62. The van der Waals surface area contributed by atoms with E-state index in [1.807, 2.05) is 18.7 Å². The lowest BCUT2D eigenvalue weighted by molar-refractivity contribution is -0.134. The lowest BCUT2D eigenvalue weighted by Crippen LogP contribution is -2.54. The maximum atomic E-state index is 14.0. The summed E-state index contributed by atoms with van der Waals surface area (Å²) in [6, 6.07) is 4.99. The first-order chi connectivity index (χ1) is 13.9. The van der Waals surface area contributed by atoms with Gasteiger partial charge in [0.15, 0.2) is 0 Å².